The molecule has 0 spiro atoms. The molecule has 0 bridgehead atoms. The number of hydrogen-bond acceptors (Lipinski definition) is 6. The third-order valence-corrected chi connectivity index (χ3v) is 3.06. The van der Waals surface area contributed by atoms with Crippen LogP contribution in [0.2, 0.25) is 0 Å². The number of nitrogens with zero attached hydrogens (tertiary/aromatic N) is 4. The molecule has 2 rings (SSSR count). The van der Waals surface area contributed by atoms with Crippen molar-refractivity contribution in [2.45, 2.75) is 59.7 Å². The van der Waals surface area contributed by atoms with Crippen molar-refractivity contribution in [3.63, 3.8) is 0 Å². The summed E-state index contributed by atoms with van der Waals surface area (Å²) in [6.45, 7) is 11.8. The molecule has 0 fully saturated rings. The second-order valence-electron chi connectivity index (χ2n) is 6.31. The fourth-order valence-corrected chi connectivity index (χ4v) is 1.97. The number of aryl methyl sites for hydroxylation is 2. The summed E-state index contributed by atoms with van der Waals surface area (Å²) in [6.07, 6.45) is 1.34. The standard InChI is InChI=1S/C15H23N5O3/c1-7-20-8-11(9(2)18-20)12-17-13(23-19-12)10(3)16-14(21)22-15(4,5)6/h8,10H,7H2,1-6H3,(H,16,21)/t10-/m0/s1. The molecule has 2 heterocycles. The van der Waals surface area contributed by atoms with E-state index in [4.69, 9.17) is 9.26 Å². The average Bonchev–Trinajstić information content (AvgIpc) is 3.02. The molecule has 1 atom stereocenters. The number of hydrogen-bond donors (Lipinski definition) is 1. The van der Waals surface area contributed by atoms with Gasteiger partial charge in [-0.2, -0.15) is 10.1 Å². The quantitative estimate of drug-likeness (QED) is 0.930. The highest BCUT2D eigenvalue weighted by molar-refractivity contribution is 5.68. The molecule has 23 heavy (non-hydrogen) atoms. The van der Waals surface area contributed by atoms with E-state index in [0.29, 0.717) is 11.7 Å². The summed E-state index contributed by atoms with van der Waals surface area (Å²) in [5.41, 5.74) is 1.08. The van der Waals surface area contributed by atoms with E-state index >= 15 is 0 Å². The highest BCUT2D eigenvalue weighted by atomic mass is 16.6. The fraction of sp³-hybridized carbons (Fsp3) is 0.600. The van der Waals surface area contributed by atoms with E-state index in [-0.39, 0.29) is 0 Å². The highest BCUT2D eigenvalue weighted by Crippen LogP contribution is 2.21. The summed E-state index contributed by atoms with van der Waals surface area (Å²) in [4.78, 5) is 16.1. The van der Waals surface area contributed by atoms with E-state index in [9.17, 15) is 4.79 Å². The molecule has 2 aromatic heterocycles. The van der Waals surface area contributed by atoms with Gasteiger partial charge in [-0.25, -0.2) is 4.79 Å². The van der Waals surface area contributed by atoms with E-state index in [0.717, 1.165) is 17.8 Å². The Balaban J connectivity index is 2.09. The lowest BCUT2D eigenvalue weighted by Gasteiger charge is -2.20. The zero-order chi connectivity index (χ0) is 17.2. The third-order valence-electron chi connectivity index (χ3n) is 3.06. The van der Waals surface area contributed by atoms with Gasteiger partial charge in [-0.1, -0.05) is 5.16 Å². The van der Waals surface area contributed by atoms with Crippen LogP contribution in [0.15, 0.2) is 10.7 Å². The summed E-state index contributed by atoms with van der Waals surface area (Å²) in [5, 5.41) is 11.0. The lowest BCUT2D eigenvalue weighted by molar-refractivity contribution is 0.0499. The SMILES string of the molecule is CCn1cc(-c2noc([C@H](C)NC(=O)OC(C)(C)C)n2)c(C)n1. The molecule has 0 aliphatic rings. The Labute approximate surface area is 135 Å². The van der Waals surface area contributed by atoms with Gasteiger partial charge in [-0.3, -0.25) is 4.68 Å². The van der Waals surface area contributed by atoms with E-state index in [1.807, 2.05) is 24.7 Å². The molecule has 8 heteroatoms. The van der Waals surface area contributed by atoms with E-state index in [1.165, 1.54) is 0 Å². The van der Waals surface area contributed by atoms with Crippen molar-refractivity contribution in [1.82, 2.24) is 25.2 Å². The Morgan fingerprint density at radius 1 is 1.48 bits per heavy atom. The molecule has 1 amide bonds. The van der Waals surface area contributed by atoms with Gasteiger partial charge in [-0.05, 0) is 41.5 Å². The zero-order valence-corrected chi connectivity index (χ0v) is 14.4. The first-order chi connectivity index (χ1) is 10.7. The smallest absolute Gasteiger partial charge is 0.408 e. The van der Waals surface area contributed by atoms with E-state index in [2.05, 4.69) is 20.6 Å². The first-order valence-corrected chi connectivity index (χ1v) is 7.57. The Hall–Kier alpha value is -2.38. The molecule has 126 valence electrons. The van der Waals surface area contributed by atoms with Crippen molar-refractivity contribution in [2.75, 3.05) is 0 Å². The Bertz CT molecular complexity index is 684. The van der Waals surface area contributed by atoms with Gasteiger partial charge < -0.3 is 14.6 Å². The van der Waals surface area contributed by atoms with Crippen LogP contribution in [0.3, 0.4) is 0 Å². The van der Waals surface area contributed by atoms with Crippen molar-refractivity contribution in [3.05, 3.63) is 17.8 Å². The molecule has 0 saturated carbocycles. The zero-order valence-electron chi connectivity index (χ0n) is 14.4. The summed E-state index contributed by atoms with van der Waals surface area (Å²) in [6, 6.07) is -0.451. The molecule has 0 aromatic carbocycles. The first kappa shape index (κ1) is 17.0. The minimum absolute atomic E-state index is 0.314. The number of carbonyl (C=O) groups excluding carboxylic acids is 1. The Morgan fingerprint density at radius 3 is 2.74 bits per heavy atom. The van der Waals surface area contributed by atoms with Crippen molar-refractivity contribution < 1.29 is 14.1 Å². The fourth-order valence-electron chi connectivity index (χ4n) is 1.97. The van der Waals surface area contributed by atoms with Gasteiger partial charge in [0.05, 0.1) is 11.3 Å². The first-order valence-electron chi connectivity index (χ1n) is 7.57. The Morgan fingerprint density at radius 2 is 2.17 bits per heavy atom. The molecule has 0 radical (unpaired) electrons. The molecule has 1 N–H and O–H groups in total. The number of rotatable bonds is 4. The van der Waals surface area contributed by atoms with Crippen LogP contribution in [-0.2, 0) is 11.3 Å². The Kier molecular flexibility index (Phi) is 4.72. The summed E-state index contributed by atoms with van der Waals surface area (Å²) in [7, 11) is 0. The van der Waals surface area contributed by atoms with Crippen molar-refractivity contribution in [3.8, 4) is 11.4 Å². The number of carbonyl (C=O) groups is 1. The maximum atomic E-state index is 11.8. The molecule has 0 aliphatic carbocycles. The lowest BCUT2D eigenvalue weighted by atomic mass is 10.2. The number of nitrogens with one attached hydrogen (secondary N) is 1. The van der Waals surface area contributed by atoms with Crippen molar-refractivity contribution in [2.24, 2.45) is 0 Å². The molecule has 0 saturated heterocycles. The predicted octanol–water partition coefficient (Wildman–Crippen LogP) is 2.85. The van der Waals surface area contributed by atoms with Gasteiger partial charge in [0.15, 0.2) is 0 Å². The summed E-state index contributed by atoms with van der Waals surface area (Å²) < 4.78 is 12.3. The van der Waals surface area contributed by atoms with Crippen LogP contribution in [0.4, 0.5) is 4.79 Å². The van der Waals surface area contributed by atoms with E-state index < -0.39 is 17.7 Å². The number of ether oxygens (including phenoxy) is 1. The molecule has 2 aromatic rings. The number of aromatic nitrogens is 4. The maximum absolute atomic E-state index is 11.8. The van der Waals surface area contributed by atoms with Gasteiger partial charge in [0.2, 0.25) is 11.7 Å². The lowest BCUT2D eigenvalue weighted by Crippen LogP contribution is -2.34. The average molecular weight is 321 g/mol. The second-order valence-corrected chi connectivity index (χ2v) is 6.31. The van der Waals surface area contributed by atoms with Crippen LogP contribution in [0, 0.1) is 6.92 Å². The van der Waals surface area contributed by atoms with Crippen LogP contribution >= 0.6 is 0 Å². The molecular weight excluding hydrogens is 298 g/mol. The van der Waals surface area contributed by atoms with Crippen LogP contribution in [0.1, 0.15) is 52.2 Å². The molecular formula is C15H23N5O3. The predicted molar refractivity (Wildman–Crippen MR) is 83.7 cm³/mol. The van der Waals surface area contributed by atoms with Crippen molar-refractivity contribution >= 4 is 6.09 Å². The van der Waals surface area contributed by atoms with Gasteiger partial charge in [0.1, 0.15) is 11.6 Å². The third kappa shape index (κ3) is 4.30. The van der Waals surface area contributed by atoms with Gasteiger partial charge >= 0.3 is 6.09 Å². The minimum Gasteiger partial charge on any atom is -0.444 e. The normalized spacial score (nSPS) is 13.0. The van der Waals surface area contributed by atoms with Crippen LogP contribution < -0.4 is 5.32 Å². The minimum atomic E-state index is -0.560. The summed E-state index contributed by atoms with van der Waals surface area (Å²) in [5.74, 6) is 0.768. The maximum Gasteiger partial charge on any atom is 0.408 e. The number of amides is 1. The van der Waals surface area contributed by atoms with Gasteiger partial charge in [-0.15, -0.1) is 0 Å². The van der Waals surface area contributed by atoms with Gasteiger partial charge in [0, 0.05) is 12.7 Å². The largest absolute Gasteiger partial charge is 0.444 e. The van der Waals surface area contributed by atoms with E-state index in [1.54, 1.807) is 27.7 Å². The molecule has 8 nitrogen and oxygen atoms in total. The van der Waals surface area contributed by atoms with Crippen LogP contribution in [0.25, 0.3) is 11.4 Å². The topological polar surface area (TPSA) is 95.1 Å². The second kappa shape index (κ2) is 6.39. The number of alkyl carbamates (subject to hydrolysis) is 1. The summed E-state index contributed by atoms with van der Waals surface area (Å²) >= 11 is 0. The molecule has 0 unspecified atom stereocenters. The van der Waals surface area contributed by atoms with Crippen molar-refractivity contribution in [1.29, 1.82) is 0 Å². The van der Waals surface area contributed by atoms with Crippen LogP contribution in [0.5, 0.6) is 0 Å². The van der Waals surface area contributed by atoms with Crippen LogP contribution in [-0.4, -0.2) is 31.6 Å². The molecule has 0 aliphatic heterocycles. The van der Waals surface area contributed by atoms with Gasteiger partial charge in [0.25, 0.3) is 0 Å². The highest BCUT2D eigenvalue weighted by Gasteiger charge is 2.22. The monoisotopic (exact) mass is 321 g/mol.